The molecule has 4 rings (SSSR count). The number of nitrogen functional groups attached to an aromatic ring is 1. The molecule has 3 aromatic rings. The van der Waals surface area contributed by atoms with E-state index in [1.165, 1.54) is 16.6 Å². The summed E-state index contributed by atoms with van der Waals surface area (Å²) in [6, 6.07) is 13.0. The number of carbonyl (C=O) groups excluding carboxylic acids is 1. The molecule has 2 atom stereocenters. The van der Waals surface area contributed by atoms with Gasteiger partial charge in [-0.15, -0.1) is 0 Å². The number of hydrogen-bond donors (Lipinski definition) is 4. The molecule has 2 aromatic carbocycles. The Bertz CT molecular complexity index is 1650. The van der Waals surface area contributed by atoms with Crippen LogP contribution in [0.25, 0.3) is 0 Å². The van der Waals surface area contributed by atoms with Gasteiger partial charge in [-0.3, -0.25) is 4.79 Å². The number of benzene rings is 2. The van der Waals surface area contributed by atoms with Crippen molar-refractivity contribution in [3.63, 3.8) is 0 Å². The van der Waals surface area contributed by atoms with E-state index in [1.807, 2.05) is 70.1 Å². The number of carbonyl (C=O) groups is 1. The van der Waals surface area contributed by atoms with Crippen LogP contribution in [0.3, 0.4) is 0 Å². The molecule has 0 aliphatic carbocycles. The van der Waals surface area contributed by atoms with E-state index in [0.29, 0.717) is 18.7 Å². The predicted octanol–water partition coefficient (Wildman–Crippen LogP) is 4.01. The number of ether oxygens (including phenoxy) is 1. The molecule has 0 radical (unpaired) electrons. The van der Waals surface area contributed by atoms with Crippen LogP contribution in [0.15, 0.2) is 53.6 Å². The standard InChI is InChI=1S/C34H48N6O5S/c1-8-26-20-39(46(43,44)30-11-10-16-37-33(30)45-26)19-25-17-24(13-12-22(25)3)28(18-31(41)38-21-34(5,6)42)27-14-15-29(32(35)23(27)4)40(9-2)36-7/h10-17,26,28,36,42H,8-9,18-21,35H2,1-7H3,(H,38,41)/t26-,28+/m1/s1. The van der Waals surface area contributed by atoms with E-state index in [2.05, 4.69) is 15.7 Å². The van der Waals surface area contributed by atoms with Crippen LogP contribution < -0.4 is 26.2 Å². The number of amides is 1. The van der Waals surface area contributed by atoms with Gasteiger partial charge in [0.05, 0.1) is 23.5 Å². The van der Waals surface area contributed by atoms with Crippen LogP contribution in [-0.2, 0) is 21.4 Å². The van der Waals surface area contributed by atoms with Crippen molar-refractivity contribution < 1.29 is 23.1 Å². The fourth-order valence-corrected chi connectivity index (χ4v) is 7.25. The number of rotatable bonds is 12. The molecule has 2 heterocycles. The van der Waals surface area contributed by atoms with Gasteiger partial charge in [0.1, 0.15) is 11.0 Å². The van der Waals surface area contributed by atoms with Gasteiger partial charge in [-0.2, -0.15) is 4.31 Å². The molecule has 0 saturated carbocycles. The predicted molar refractivity (Wildman–Crippen MR) is 181 cm³/mol. The number of aliphatic hydroxyl groups is 1. The first-order valence-corrected chi connectivity index (χ1v) is 17.2. The van der Waals surface area contributed by atoms with Gasteiger partial charge in [0, 0.05) is 45.2 Å². The molecular weight excluding hydrogens is 604 g/mol. The van der Waals surface area contributed by atoms with Crippen LogP contribution >= 0.6 is 0 Å². The van der Waals surface area contributed by atoms with E-state index in [0.717, 1.165) is 33.5 Å². The van der Waals surface area contributed by atoms with Crippen LogP contribution in [0.1, 0.15) is 74.3 Å². The number of sulfonamides is 1. The number of hydrazine groups is 1. The number of aromatic nitrogens is 1. The first kappa shape index (κ1) is 35.1. The van der Waals surface area contributed by atoms with Crippen molar-refractivity contribution in [2.45, 2.75) is 83.4 Å². The average molecular weight is 653 g/mol. The Kier molecular flexibility index (Phi) is 11.0. The Balaban J connectivity index is 1.77. The second-order valence-electron chi connectivity index (χ2n) is 12.5. The third-order valence-electron chi connectivity index (χ3n) is 8.51. The van der Waals surface area contributed by atoms with Gasteiger partial charge in [-0.05, 0) is 87.1 Å². The van der Waals surface area contributed by atoms with E-state index < -0.39 is 15.6 Å². The lowest BCUT2D eigenvalue weighted by Crippen LogP contribution is -2.38. The number of anilines is 2. The normalized spacial score (nSPS) is 17.0. The molecule has 46 heavy (non-hydrogen) atoms. The maximum absolute atomic E-state index is 13.9. The van der Waals surface area contributed by atoms with Crippen LogP contribution in [0, 0.1) is 13.8 Å². The Hall–Kier alpha value is -3.71. The first-order valence-electron chi connectivity index (χ1n) is 15.7. The molecule has 0 unspecified atom stereocenters. The second kappa shape index (κ2) is 14.4. The van der Waals surface area contributed by atoms with Crippen LogP contribution in [0.2, 0.25) is 0 Å². The highest BCUT2D eigenvalue weighted by Crippen LogP contribution is 2.38. The van der Waals surface area contributed by atoms with Crippen molar-refractivity contribution in [3.05, 3.63) is 76.5 Å². The van der Waals surface area contributed by atoms with Gasteiger partial charge in [-0.25, -0.2) is 18.8 Å². The third-order valence-corrected chi connectivity index (χ3v) is 10.3. The van der Waals surface area contributed by atoms with Gasteiger partial charge >= 0.3 is 0 Å². The zero-order chi connectivity index (χ0) is 33.8. The smallest absolute Gasteiger partial charge is 0.248 e. The third kappa shape index (κ3) is 7.80. The van der Waals surface area contributed by atoms with E-state index >= 15 is 0 Å². The molecule has 11 nitrogen and oxygen atoms in total. The molecule has 1 aliphatic heterocycles. The fraction of sp³-hybridized carbons (Fsp3) is 0.471. The monoisotopic (exact) mass is 652 g/mol. The summed E-state index contributed by atoms with van der Waals surface area (Å²) in [7, 11) is -2.06. The lowest BCUT2D eigenvalue weighted by molar-refractivity contribution is -0.122. The number of hydrogen-bond acceptors (Lipinski definition) is 9. The first-order chi connectivity index (χ1) is 21.7. The molecule has 0 fully saturated rings. The minimum absolute atomic E-state index is 0.0509. The number of fused-ring (bicyclic) bond motifs is 1. The summed E-state index contributed by atoms with van der Waals surface area (Å²) >= 11 is 0. The highest BCUT2D eigenvalue weighted by Gasteiger charge is 2.35. The van der Waals surface area contributed by atoms with Crippen LogP contribution in [-0.4, -0.2) is 67.1 Å². The Morgan fingerprint density at radius 3 is 2.61 bits per heavy atom. The number of pyridine rings is 1. The van der Waals surface area contributed by atoms with Gasteiger partial charge in [-0.1, -0.05) is 31.2 Å². The summed E-state index contributed by atoms with van der Waals surface area (Å²) in [5, 5.41) is 15.0. The summed E-state index contributed by atoms with van der Waals surface area (Å²) in [4.78, 5) is 17.6. The van der Waals surface area contributed by atoms with E-state index in [1.54, 1.807) is 19.9 Å². The lowest BCUT2D eigenvalue weighted by Gasteiger charge is -2.28. The van der Waals surface area contributed by atoms with Crippen molar-refractivity contribution in [1.29, 1.82) is 0 Å². The quantitative estimate of drug-likeness (QED) is 0.168. The van der Waals surface area contributed by atoms with Crippen molar-refractivity contribution in [1.82, 2.24) is 20.0 Å². The van der Waals surface area contributed by atoms with E-state index in [4.69, 9.17) is 10.5 Å². The summed E-state index contributed by atoms with van der Waals surface area (Å²) in [6.45, 7) is 12.3. The summed E-state index contributed by atoms with van der Waals surface area (Å²) < 4.78 is 35.2. The Labute approximate surface area is 273 Å². The number of nitrogens with one attached hydrogen (secondary N) is 2. The number of aryl methyl sites for hydroxylation is 1. The zero-order valence-electron chi connectivity index (χ0n) is 27.9. The molecule has 0 bridgehead atoms. The van der Waals surface area contributed by atoms with E-state index in [-0.39, 0.29) is 54.8 Å². The molecule has 12 heteroatoms. The maximum atomic E-state index is 13.9. The lowest BCUT2D eigenvalue weighted by atomic mass is 9.83. The topological polar surface area (TPSA) is 150 Å². The highest BCUT2D eigenvalue weighted by atomic mass is 32.2. The van der Waals surface area contributed by atoms with Gasteiger partial charge in [0.15, 0.2) is 0 Å². The van der Waals surface area contributed by atoms with Crippen molar-refractivity contribution in [2.75, 3.05) is 37.4 Å². The second-order valence-corrected chi connectivity index (χ2v) is 14.4. The highest BCUT2D eigenvalue weighted by molar-refractivity contribution is 7.89. The molecule has 1 aromatic heterocycles. The van der Waals surface area contributed by atoms with Crippen LogP contribution in [0.5, 0.6) is 5.88 Å². The summed E-state index contributed by atoms with van der Waals surface area (Å²) in [5.74, 6) is -0.487. The average Bonchev–Trinajstić information content (AvgIpc) is 3.12. The Morgan fingerprint density at radius 2 is 1.96 bits per heavy atom. The van der Waals surface area contributed by atoms with Crippen LogP contribution in [0.4, 0.5) is 11.4 Å². The SMILES string of the molecule is CC[C@@H]1CN(Cc2cc([C@H](CC(=O)NCC(C)(C)O)c3ccc(N(CC)NC)c(N)c3C)ccc2C)S(=O)(=O)c2cccnc2O1. The Morgan fingerprint density at radius 1 is 1.22 bits per heavy atom. The molecule has 5 N–H and O–H groups in total. The summed E-state index contributed by atoms with van der Waals surface area (Å²) in [5.41, 5.74) is 14.6. The molecule has 1 amide bonds. The van der Waals surface area contributed by atoms with Crippen molar-refractivity contribution in [3.8, 4) is 5.88 Å². The minimum atomic E-state index is -3.90. The molecule has 250 valence electrons. The van der Waals surface area contributed by atoms with Gasteiger partial charge in [0.2, 0.25) is 21.8 Å². The molecular formula is C34H48N6O5S. The fourth-order valence-electron chi connectivity index (χ4n) is 5.72. The van der Waals surface area contributed by atoms with Crippen molar-refractivity contribution >= 4 is 27.3 Å². The zero-order valence-corrected chi connectivity index (χ0v) is 28.7. The number of nitrogens with zero attached hydrogens (tertiary/aromatic N) is 3. The van der Waals surface area contributed by atoms with E-state index in [9.17, 15) is 18.3 Å². The largest absolute Gasteiger partial charge is 0.472 e. The molecule has 1 aliphatic rings. The minimum Gasteiger partial charge on any atom is -0.472 e. The van der Waals surface area contributed by atoms with Gasteiger partial charge in [0.25, 0.3) is 0 Å². The molecule has 0 saturated heterocycles. The van der Waals surface area contributed by atoms with Gasteiger partial charge < -0.3 is 25.9 Å². The number of nitrogens with two attached hydrogens (primary N) is 1. The summed E-state index contributed by atoms with van der Waals surface area (Å²) in [6.07, 6.45) is 1.89. The molecule has 0 spiro atoms. The van der Waals surface area contributed by atoms with Crippen molar-refractivity contribution in [2.24, 2.45) is 0 Å². The maximum Gasteiger partial charge on any atom is 0.248 e.